The van der Waals surface area contributed by atoms with Crippen LogP contribution < -0.4 is 0 Å². The monoisotopic (exact) mass is 198 g/mol. The fourth-order valence-corrected chi connectivity index (χ4v) is 1.09. The van der Waals surface area contributed by atoms with Crippen molar-refractivity contribution in [1.29, 1.82) is 0 Å². The molecular formula is C6H11ClOS2. The maximum atomic E-state index is 5.01. The second-order valence-corrected chi connectivity index (χ2v) is 2.90. The van der Waals surface area contributed by atoms with Gasteiger partial charge in [-0.1, -0.05) is 12.2 Å². The minimum atomic E-state index is 0. The number of hydrogen-bond donors (Lipinski definition) is 0. The molecule has 0 amide bonds. The largest absolute Gasteiger partial charge is 0.247 e. The summed E-state index contributed by atoms with van der Waals surface area (Å²) in [5.41, 5.74) is 0. The van der Waals surface area contributed by atoms with Crippen LogP contribution >= 0.6 is 36.5 Å². The van der Waals surface area contributed by atoms with E-state index >= 15 is 0 Å². The number of hydrogen-bond acceptors (Lipinski definition) is 3. The molecule has 0 heterocycles. The second kappa shape index (κ2) is 12.1. The van der Waals surface area contributed by atoms with Crippen molar-refractivity contribution in [1.82, 2.24) is 0 Å². The molecule has 0 saturated heterocycles. The predicted octanol–water partition coefficient (Wildman–Crippen LogP) is 3.09. The molecule has 0 saturated carbocycles. The van der Waals surface area contributed by atoms with Gasteiger partial charge in [0.2, 0.25) is 0 Å². The molecule has 60 valence electrons. The van der Waals surface area contributed by atoms with Crippen molar-refractivity contribution >= 4 is 36.5 Å². The third-order valence-electron chi connectivity index (χ3n) is 0.468. The van der Waals surface area contributed by atoms with Crippen LogP contribution in [-0.4, -0.2) is 11.5 Å². The van der Waals surface area contributed by atoms with E-state index < -0.39 is 0 Å². The molecule has 10 heavy (non-hydrogen) atoms. The third-order valence-corrected chi connectivity index (χ3v) is 1.98. The number of halogens is 1. The highest BCUT2D eigenvalue weighted by atomic mass is 35.5. The van der Waals surface area contributed by atoms with Crippen LogP contribution in [0.2, 0.25) is 0 Å². The maximum absolute atomic E-state index is 5.01. The Bertz CT molecular complexity index is 77.8. The molecule has 0 rings (SSSR count). The van der Waals surface area contributed by atoms with Crippen LogP contribution in [-0.2, 0) is 3.63 Å². The normalized spacial score (nSPS) is 8.00. The average Bonchev–Trinajstić information content (AvgIpc) is 1.89. The van der Waals surface area contributed by atoms with Crippen LogP contribution in [0.5, 0.6) is 0 Å². The van der Waals surface area contributed by atoms with Crippen LogP contribution in [0.3, 0.4) is 0 Å². The second-order valence-electron chi connectivity index (χ2n) is 1.21. The summed E-state index contributed by atoms with van der Waals surface area (Å²) in [6.07, 6.45) is 3.61. The van der Waals surface area contributed by atoms with Gasteiger partial charge in [0.25, 0.3) is 0 Å². The molecule has 4 heteroatoms. The van der Waals surface area contributed by atoms with Gasteiger partial charge >= 0.3 is 0 Å². The molecule has 0 aromatic rings. The van der Waals surface area contributed by atoms with Crippen molar-refractivity contribution in [2.24, 2.45) is 0 Å². The van der Waals surface area contributed by atoms with E-state index in [4.69, 9.17) is 3.63 Å². The minimum Gasteiger partial charge on any atom is -0.247 e. The lowest BCUT2D eigenvalue weighted by molar-refractivity contribution is 0.763. The zero-order valence-corrected chi connectivity index (χ0v) is 8.07. The minimum absolute atomic E-state index is 0. The SMILES string of the molecule is C=CCSOSCC=C.Cl. The van der Waals surface area contributed by atoms with E-state index in [2.05, 4.69) is 13.2 Å². The van der Waals surface area contributed by atoms with Gasteiger partial charge in [0.1, 0.15) is 0 Å². The first kappa shape index (κ1) is 13.1. The van der Waals surface area contributed by atoms with Gasteiger partial charge in [-0.3, -0.25) is 0 Å². The topological polar surface area (TPSA) is 9.23 Å². The predicted molar refractivity (Wildman–Crippen MR) is 53.6 cm³/mol. The lowest BCUT2D eigenvalue weighted by Gasteiger charge is -1.93. The van der Waals surface area contributed by atoms with Crippen molar-refractivity contribution in [2.75, 3.05) is 11.5 Å². The molecule has 0 bridgehead atoms. The highest BCUT2D eigenvalue weighted by molar-refractivity contribution is 8.08. The molecule has 0 atom stereocenters. The Balaban J connectivity index is 0. The summed E-state index contributed by atoms with van der Waals surface area (Å²) in [7, 11) is 0. The molecule has 0 N–H and O–H groups in total. The Morgan fingerprint density at radius 2 is 1.50 bits per heavy atom. The van der Waals surface area contributed by atoms with Crippen LogP contribution in [0, 0.1) is 0 Å². The molecule has 0 aromatic carbocycles. The lowest BCUT2D eigenvalue weighted by atomic mass is 10.8. The van der Waals surface area contributed by atoms with Gasteiger partial charge in [-0.15, -0.1) is 25.6 Å². The summed E-state index contributed by atoms with van der Waals surface area (Å²) < 4.78 is 5.01. The standard InChI is InChI=1S/C6H10OS2.ClH/c1-3-5-8-7-9-6-4-2;/h3-4H,1-2,5-6H2;1H. The lowest BCUT2D eigenvalue weighted by Crippen LogP contribution is -1.71. The highest BCUT2D eigenvalue weighted by Crippen LogP contribution is 2.13. The Hall–Kier alpha value is 0.430. The van der Waals surface area contributed by atoms with Gasteiger partial charge in [-0.05, 0) is 0 Å². The molecule has 0 aliphatic heterocycles. The van der Waals surface area contributed by atoms with Crippen LogP contribution in [0.15, 0.2) is 25.3 Å². The van der Waals surface area contributed by atoms with Crippen molar-refractivity contribution in [3.05, 3.63) is 25.3 Å². The third kappa shape index (κ3) is 11.3. The summed E-state index contributed by atoms with van der Waals surface area (Å²) in [4.78, 5) is 0. The summed E-state index contributed by atoms with van der Waals surface area (Å²) in [5.74, 6) is 1.67. The van der Waals surface area contributed by atoms with E-state index in [0.29, 0.717) is 0 Å². The van der Waals surface area contributed by atoms with Crippen molar-refractivity contribution in [2.45, 2.75) is 0 Å². The molecule has 0 aromatic heterocycles. The zero-order chi connectivity index (χ0) is 6.95. The quantitative estimate of drug-likeness (QED) is 0.369. The summed E-state index contributed by atoms with van der Waals surface area (Å²) >= 11 is 2.78. The molecule has 0 unspecified atom stereocenters. The van der Waals surface area contributed by atoms with Gasteiger partial charge in [0, 0.05) is 35.6 Å². The summed E-state index contributed by atoms with van der Waals surface area (Å²) in [6.45, 7) is 7.10. The molecule has 1 nitrogen and oxygen atoms in total. The first-order chi connectivity index (χ1) is 4.41. The van der Waals surface area contributed by atoms with Gasteiger partial charge in [0.05, 0.1) is 0 Å². The van der Waals surface area contributed by atoms with Crippen LogP contribution in [0.1, 0.15) is 0 Å². The zero-order valence-electron chi connectivity index (χ0n) is 5.62. The average molecular weight is 199 g/mol. The van der Waals surface area contributed by atoms with E-state index in [1.165, 1.54) is 24.1 Å². The Kier molecular flexibility index (Phi) is 15.8. The van der Waals surface area contributed by atoms with Gasteiger partial charge in [0.15, 0.2) is 0 Å². The smallest absolute Gasteiger partial charge is 0.0388 e. The van der Waals surface area contributed by atoms with Gasteiger partial charge in [-0.25, -0.2) is 3.63 Å². The molecular weight excluding hydrogens is 188 g/mol. The molecule has 0 aliphatic carbocycles. The molecule has 0 fully saturated rings. The van der Waals surface area contributed by atoms with Gasteiger partial charge < -0.3 is 0 Å². The number of rotatable bonds is 6. The Morgan fingerprint density at radius 3 is 1.80 bits per heavy atom. The van der Waals surface area contributed by atoms with Crippen molar-refractivity contribution in [3.8, 4) is 0 Å². The van der Waals surface area contributed by atoms with Crippen LogP contribution in [0.25, 0.3) is 0 Å². The van der Waals surface area contributed by atoms with Gasteiger partial charge in [-0.2, -0.15) is 0 Å². The van der Waals surface area contributed by atoms with E-state index in [-0.39, 0.29) is 12.4 Å². The Morgan fingerprint density at radius 1 is 1.10 bits per heavy atom. The first-order valence-corrected chi connectivity index (χ1v) is 4.37. The highest BCUT2D eigenvalue weighted by Gasteiger charge is 1.83. The Labute approximate surface area is 77.1 Å². The summed E-state index contributed by atoms with van der Waals surface area (Å²) in [6, 6.07) is 0. The molecule has 0 radical (unpaired) electrons. The fourth-order valence-electron chi connectivity index (χ4n) is 0.186. The molecule has 0 spiro atoms. The first-order valence-electron chi connectivity index (χ1n) is 2.54. The van der Waals surface area contributed by atoms with E-state index in [1.54, 1.807) is 12.2 Å². The van der Waals surface area contributed by atoms with Crippen molar-refractivity contribution in [3.63, 3.8) is 0 Å². The maximum Gasteiger partial charge on any atom is 0.0388 e. The van der Waals surface area contributed by atoms with Crippen LogP contribution in [0.4, 0.5) is 0 Å². The van der Waals surface area contributed by atoms with E-state index in [0.717, 1.165) is 11.5 Å². The fraction of sp³-hybridized carbons (Fsp3) is 0.333. The van der Waals surface area contributed by atoms with Crippen molar-refractivity contribution < 1.29 is 3.63 Å². The van der Waals surface area contributed by atoms with E-state index in [1.807, 2.05) is 0 Å². The van der Waals surface area contributed by atoms with E-state index in [9.17, 15) is 0 Å². The molecule has 0 aliphatic rings. The summed E-state index contributed by atoms with van der Waals surface area (Å²) in [5, 5.41) is 0.